The summed E-state index contributed by atoms with van der Waals surface area (Å²) >= 11 is 0. The summed E-state index contributed by atoms with van der Waals surface area (Å²) in [6.07, 6.45) is 0. The third-order valence-corrected chi connectivity index (χ3v) is 2.88. The van der Waals surface area contributed by atoms with Crippen molar-refractivity contribution in [3.63, 3.8) is 0 Å². The molecule has 0 spiro atoms. The van der Waals surface area contributed by atoms with Crippen LogP contribution in [-0.4, -0.2) is 52.9 Å². The zero-order valence-corrected chi connectivity index (χ0v) is 11.9. The molecule has 2 rings (SSSR count). The zero-order valence-electron chi connectivity index (χ0n) is 11.9. The van der Waals surface area contributed by atoms with Crippen molar-refractivity contribution >= 4 is 0 Å². The monoisotopic (exact) mass is 282 g/mol. The minimum Gasteiger partial charge on any atom is -0.487 e. The molecule has 112 valence electrons. The molecule has 0 amide bonds. The Balaban J connectivity index is 1.95. The predicted octanol–water partition coefficient (Wildman–Crippen LogP) is 1.82. The Kier molecular flexibility index (Phi) is 6.63. The first-order valence-corrected chi connectivity index (χ1v) is 6.96. The topological polar surface area (TPSA) is 46.2 Å². The van der Waals surface area contributed by atoms with Gasteiger partial charge in [-0.2, -0.15) is 0 Å². The fourth-order valence-electron chi connectivity index (χ4n) is 1.88. The Morgan fingerprint density at radius 3 is 1.90 bits per heavy atom. The highest BCUT2D eigenvalue weighted by atomic mass is 16.6. The van der Waals surface area contributed by atoms with Crippen LogP contribution in [0.2, 0.25) is 0 Å². The highest BCUT2D eigenvalue weighted by Gasteiger charge is 2.08. The van der Waals surface area contributed by atoms with Crippen molar-refractivity contribution in [2.45, 2.75) is 6.92 Å². The zero-order chi connectivity index (χ0) is 14.0. The summed E-state index contributed by atoms with van der Waals surface area (Å²) in [7, 11) is 0. The SMILES string of the molecule is Cc1cccc2c1OCCOCCOCCOCCO2. The number of rotatable bonds is 0. The molecule has 5 heteroatoms. The smallest absolute Gasteiger partial charge is 0.164 e. The van der Waals surface area contributed by atoms with Gasteiger partial charge in [0, 0.05) is 0 Å². The molecule has 1 aliphatic heterocycles. The van der Waals surface area contributed by atoms with E-state index >= 15 is 0 Å². The molecule has 0 saturated heterocycles. The molecule has 0 atom stereocenters. The van der Waals surface area contributed by atoms with E-state index in [4.69, 9.17) is 23.7 Å². The lowest BCUT2D eigenvalue weighted by atomic mass is 10.2. The molecule has 1 aromatic rings. The van der Waals surface area contributed by atoms with Gasteiger partial charge in [-0.05, 0) is 18.6 Å². The highest BCUT2D eigenvalue weighted by Crippen LogP contribution is 2.30. The molecule has 0 saturated carbocycles. The fourth-order valence-corrected chi connectivity index (χ4v) is 1.88. The van der Waals surface area contributed by atoms with E-state index in [1.54, 1.807) is 0 Å². The lowest BCUT2D eigenvalue weighted by molar-refractivity contribution is 0.00707. The van der Waals surface area contributed by atoms with Gasteiger partial charge in [0.05, 0.1) is 39.6 Å². The second kappa shape index (κ2) is 8.79. The van der Waals surface area contributed by atoms with Gasteiger partial charge in [-0.15, -0.1) is 0 Å². The molecule has 0 radical (unpaired) electrons. The van der Waals surface area contributed by atoms with Crippen molar-refractivity contribution in [1.82, 2.24) is 0 Å². The minimum absolute atomic E-state index is 0.496. The van der Waals surface area contributed by atoms with Gasteiger partial charge in [0.15, 0.2) is 11.5 Å². The number of fused-ring (bicyclic) bond motifs is 1. The van der Waals surface area contributed by atoms with Gasteiger partial charge in [0.25, 0.3) is 0 Å². The van der Waals surface area contributed by atoms with E-state index in [0.717, 1.165) is 17.1 Å². The van der Waals surface area contributed by atoms with E-state index in [1.807, 2.05) is 25.1 Å². The molecule has 1 aliphatic rings. The van der Waals surface area contributed by atoms with Crippen molar-refractivity contribution in [2.24, 2.45) is 0 Å². The Morgan fingerprint density at radius 1 is 0.700 bits per heavy atom. The molecule has 0 bridgehead atoms. The molecular formula is C15H22O5. The number of hydrogen-bond donors (Lipinski definition) is 0. The molecule has 0 N–H and O–H groups in total. The Labute approximate surface area is 119 Å². The molecule has 0 aliphatic carbocycles. The van der Waals surface area contributed by atoms with Crippen molar-refractivity contribution in [3.8, 4) is 11.5 Å². The third-order valence-electron chi connectivity index (χ3n) is 2.88. The maximum Gasteiger partial charge on any atom is 0.164 e. The van der Waals surface area contributed by atoms with Crippen LogP contribution in [0.1, 0.15) is 5.56 Å². The molecule has 0 fully saturated rings. The second-order valence-electron chi connectivity index (χ2n) is 4.44. The standard InChI is InChI=1S/C15H22O5/c1-13-3-2-4-14-15(13)20-12-10-18-8-6-16-5-7-17-9-11-19-14/h2-4H,5-12H2,1H3. The van der Waals surface area contributed by atoms with Crippen LogP contribution in [0.4, 0.5) is 0 Å². The summed E-state index contributed by atoms with van der Waals surface area (Å²) in [5.41, 5.74) is 1.05. The van der Waals surface area contributed by atoms with Gasteiger partial charge >= 0.3 is 0 Å². The van der Waals surface area contributed by atoms with E-state index in [-0.39, 0.29) is 0 Å². The molecule has 20 heavy (non-hydrogen) atoms. The van der Waals surface area contributed by atoms with Crippen molar-refractivity contribution < 1.29 is 23.7 Å². The Morgan fingerprint density at radius 2 is 1.25 bits per heavy atom. The van der Waals surface area contributed by atoms with E-state index < -0.39 is 0 Å². The first-order valence-electron chi connectivity index (χ1n) is 6.96. The van der Waals surface area contributed by atoms with Crippen LogP contribution in [0.15, 0.2) is 18.2 Å². The van der Waals surface area contributed by atoms with Crippen molar-refractivity contribution in [1.29, 1.82) is 0 Å². The number of benzene rings is 1. The summed E-state index contributed by atoms with van der Waals surface area (Å²) < 4.78 is 27.7. The maximum atomic E-state index is 5.76. The molecule has 0 unspecified atom stereocenters. The van der Waals surface area contributed by atoms with Crippen LogP contribution in [0, 0.1) is 6.92 Å². The first-order chi connectivity index (χ1) is 9.88. The number of ether oxygens (including phenoxy) is 5. The first kappa shape index (κ1) is 15.1. The van der Waals surface area contributed by atoms with Gasteiger partial charge < -0.3 is 23.7 Å². The van der Waals surface area contributed by atoms with Crippen LogP contribution >= 0.6 is 0 Å². The molecule has 1 aromatic carbocycles. The normalized spacial score (nSPS) is 18.9. The van der Waals surface area contributed by atoms with E-state index in [0.29, 0.717) is 52.9 Å². The summed E-state index contributed by atoms with van der Waals surface area (Å²) in [5, 5.41) is 0. The molecule has 1 heterocycles. The quantitative estimate of drug-likeness (QED) is 0.726. The van der Waals surface area contributed by atoms with Crippen LogP contribution in [0.5, 0.6) is 11.5 Å². The number of para-hydroxylation sites is 1. The predicted molar refractivity (Wildman–Crippen MR) is 74.6 cm³/mol. The summed E-state index contributed by atoms with van der Waals surface area (Å²) in [6.45, 7) is 6.36. The largest absolute Gasteiger partial charge is 0.487 e. The van der Waals surface area contributed by atoms with Crippen LogP contribution < -0.4 is 9.47 Å². The fraction of sp³-hybridized carbons (Fsp3) is 0.600. The maximum absolute atomic E-state index is 5.76. The van der Waals surface area contributed by atoms with E-state index in [9.17, 15) is 0 Å². The average molecular weight is 282 g/mol. The molecule has 5 nitrogen and oxygen atoms in total. The van der Waals surface area contributed by atoms with Gasteiger partial charge in [-0.3, -0.25) is 0 Å². The Hall–Kier alpha value is -1.30. The van der Waals surface area contributed by atoms with Crippen molar-refractivity contribution in [3.05, 3.63) is 23.8 Å². The van der Waals surface area contributed by atoms with Gasteiger partial charge in [-0.1, -0.05) is 12.1 Å². The number of hydrogen-bond acceptors (Lipinski definition) is 5. The number of aryl methyl sites for hydroxylation is 1. The minimum atomic E-state index is 0.496. The van der Waals surface area contributed by atoms with Crippen LogP contribution in [0.3, 0.4) is 0 Å². The van der Waals surface area contributed by atoms with E-state index in [2.05, 4.69) is 0 Å². The third kappa shape index (κ3) is 5.00. The Bertz CT molecular complexity index is 394. The van der Waals surface area contributed by atoms with Gasteiger partial charge in [0.1, 0.15) is 13.2 Å². The van der Waals surface area contributed by atoms with Crippen molar-refractivity contribution in [2.75, 3.05) is 52.9 Å². The van der Waals surface area contributed by atoms with Crippen LogP contribution in [0.25, 0.3) is 0 Å². The average Bonchev–Trinajstić information content (AvgIpc) is 2.46. The summed E-state index contributed by atoms with van der Waals surface area (Å²) in [6, 6.07) is 5.86. The lowest BCUT2D eigenvalue weighted by Gasteiger charge is -2.14. The van der Waals surface area contributed by atoms with Gasteiger partial charge in [-0.25, -0.2) is 0 Å². The second-order valence-corrected chi connectivity index (χ2v) is 4.44. The molecular weight excluding hydrogens is 260 g/mol. The van der Waals surface area contributed by atoms with Crippen LogP contribution in [-0.2, 0) is 14.2 Å². The molecule has 0 aromatic heterocycles. The van der Waals surface area contributed by atoms with E-state index in [1.165, 1.54) is 0 Å². The summed E-state index contributed by atoms with van der Waals surface area (Å²) in [5.74, 6) is 1.53. The summed E-state index contributed by atoms with van der Waals surface area (Å²) in [4.78, 5) is 0. The highest BCUT2D eigenvalue weighted by molar-refractivity contribution is 5.45. The van der Waals surface area contributed by atoms with Gasteiger partial charge in [0.2, 0.25) is 0 Å². The lowest BCUT2D eigenvalue weighted by Crippen LogP contribution is -2.13.